The lowest BCUT2D eigenvalue weighted by Crippen LogP contribution is -2.33. The molecule has 100 valence electrons. The van der Waals surface area contributed by atoms with Gasteiger partial charge in [-0.15, -0.1) is 0 Å². The maximum Gasteiger partial charge on any atom is 0.146 e. The van der Waals surface area contributed by atoms with E-state index in [0.29, 0.717) is 23.2 Å². The highest BCUT2D eigenvalue weighted by atomic mass is 19.1. The first kappa shape index (κ1) is 13.3. The van der Waals surface area contributed by atoms with Gasteiger partial charge in [0.05, 0.1) is 11.8 Å². The molecule has 1 fully saturated rings. The van der Waals surface area contributed by atoms with E-state index in [4.69, 9.17) is 0 Å². The van der Waals surface area contributed by atoms with Crippen molar-refractivity contribution in [2.75, 3.05) is 11.4 Å². The Morgan fingerprint density at radius 3 is 2.61 bits per heavy atom. The summed E-state index contributed by atoms with van der Waals surface area (Å²) in [5.41, 5.74) is 1.31. The molecule has 0 bridgehead atoms. The third-order valence-electron chi connectivity index (χ3n) is 3.83. The normalized spacial score (nSPS) is 21.7. The van der Waals surface area contributed by atoms with Crippen molar-refractivity contribution in [3.8, 4) is 0 Å². The zero-order valence-corrected chi connectivity index (χ0v) is 11.4. The van der Waals surface area contributed by atoms with Gasteiger partial charge in [-0.25, -0.2) is 4.39 Å². The lowest BCUT2D eigenvalue weighted by Gasteiger charge is -2.30. The molecule has 0 saturated carbocycles. The van der Waals surface area contributed by atoms with Gasteiger partial charge in [0.1, 0.15) is 5.82 Å². The Morgan fingerprint density at radius 2 is 2.06 bits per heavy atom. The maximum absolute atomic E-state index is 14.1. The number of benzene rings is 1. The smallest absolute Gasteiger partial charge is 0.146 e. The fourth-order valence-electron chi connectivity index (χ4n) is 2.80. The quantitative estimate of drug-likeness (QED) is 0.888. The molecule has 0 amide bonds. The van der Waals surface area contributed by atoms with Gasteiger partial charge in [0.25, 0.3) is 0 Å². The second-order valence-corrected chi connectivity index (χ2v) is 5.53. The lowest BCUT2D eigenvalue weighted by atomic mass is 10.0. The molecule has 2 nitrogen and oxygen atoms in total. The molecule has 1 heterocycles. The first-order valence-electron chi connectivity index (χ1n) is 6.75. The number of rotatable bonds is 3. The second kappa shape index (κ2) is 5.27. The Kier molecular flexibility index (Phi) is 3.91. The summed E-state index contributed by atoms with van der Waals surface area (Å²) in [5.74, 6) is 0.310. The molecule has 1 aliphatic rings. The second-order valence-electron chi connectivity index (χ2n) is 5.53. The molecule has 18 heavy (non-hydrogen) atoms. The minimum atomic E-state index is -0.618. The molecule has 0 aromatic heterocycles. The van der Waals surface area contributed by atoms with E-state index in [1.807, 2.05) is 6.07 Å². The van der Waals surface area contributed by atoms with Crippen LogP contribution in [0.15, 0.2) is 18.2 Å². The monoisotopic (exact) mass is 251 g/mol. The topological polar surface area (TPSA) is 23.5 Å². The first-order chi connectivity index (χ1) is 8.50. The van der Waals surface area contributed by atoms with Gasteiger partial charge in [-0.2, -0.15) is 0 Å². The molecule has 0 radical (unpaired) electrons. The maximum atomic E-state index is 14.1. The Bertz CT molecular complexity index is 417. The van der Waals surface area contributed by atoms with Crippen molar-refractivity contribution in [3.05, 3.63) is 29.6 Å². The largest absolute Gasteiger partial charge is 0.389 e. The van der Waals surface area contributed by atoms with Crippen molar-refractivity contribution in [2.45, 2.75) is 45.8 Å². The van der Waals surface area contributed by atoms with Gasteiger partial charge < -0.3 is 10.0 Å². The van der Waals surface area contributed by atoms with Crippen molar-refractivity contribution in [2.24, 2.45) is 5.92 Å². The van der Waals surface area contributed by atoms with E-state index in [2.05, 4.69) is 18.7 Å². The summed E-state index contributed by atoms with van der Waals surface area (Å²) < 4.78 is 14.1. The fraction of sp³-hybridized carbons (Fsp3) is 0.600. The van der Waals surface area contributed by atoms with E-state index in [-0.39, 0.29) is 5.82 Å². The third-order valence-corrected chi connectivity index (χ3v) is 3.83. The molecule has 0 aliphatic carbocycles. The van der Waals surface area contributed by atoms with Gasteiger partial charge in [0.15, 0.2) is 0 Å². The number of hydrogen-bond donors (Lipinski definition) is 1. The molecule has 1 aliphatic heterocycles. The van der Waals surface area contributed by atoms with E-state index in [1.54, 1.807) is 13.0 Å². The molecular weight excluding hydrogens is 229 g/mol. The average molecular weight is 251 g/mol. The summed E-state index contributed by atoms with van der Waals surface area (Å²) in [7, 11) is 0. The van der Waals surface area contributed by atoms with Crippen molar-refractivity contribution in [3.63, 3.8) is 0 Å². The standard InChI is InChI=1S/C15H22FNO/c1-10(2)14-5-4-8-17(14)15-7-6-12(11(3)18)9-13(15)16/h6-7,9-11,14,18H,4-5,8H2,1-3H3/t11-,14?/m1/s1. The highest BCUT2D eigenvalue weighted by molar-refractivity contribution is 5.51. The van der Waals surface area contributed by atoms with E-state index < -0.39 is 6.10 Å². The van der Waals surface area contributed by atoms with E-state index in [9.17, 15) is 9.50 Å². The van der Waals surface area contributed by atoms with Crippen molar-refractivity contribution in [1.82, 2.24) is 0 Å². The number of halogens is 1. The van der Waals surface area contributed by atoms with Crippen LogP contribution >= 0.6 is 0 Å². The zero-order valence-electron chi connectivity index (χ0n) is 11.4. The summed E-state index contributed by atoms with van der Waals surface area (Å²) in [6.07, 6.45) is 1.64. The van der Waals surface area contributed by atoms with Gasteiger partial charge in [-0.3, -0.25) is 0 Å². The molecule has 1 aromatic carbocycles. The average Bonchev–Trinajstić information content (AvgIpc) is 2.77. The Hall–Kier alpha value is -1.09. The van der Waals surface area contributed by atoms with Gasteiger partial charge in [0, 0.05) is 12.6 Å². The minimum absolute atomic E-state index is 0.221. The zero-order chi connectivity index (χ0) is 13.3. The van der Waals surface area contributed by atoms with E-state index in [0.717, 1.165) is 19.4 Å². The predicted molar refractivity (Wildman–Crippen MR) is 72.2 cm³/mol. The van der Waals surface area contributed by atoms with E-state index in [1.165, 1.54) is 6.07 Å². The number of aliphatic hydroxyl groups is 1. The number of anilines is 1. The van der Waals surface area contributed by atoms with Crippen molar-refractivity contribution < 1.29 is 9.50 Å². The molecule has 1 saturated heterocycles. The van der Waals surface area contributed by atoms with Crippen molar-refractivity contribution in [1.29, 1.82) is 0 Å². The number of aliphatic hydroxyl groups excluding tert-OH is 1. The summed E-state index contributed by atoms with van der Waals surface area (Å²) in [4.78, 5) is 2.17. The van der Waals surface area contributed by atoms with Crippen LogP contribution in [0.4, 0.5) is 10.1 Å². The van der Waals surface area contributed by atoms with Crippen LogP contribution in [0, 0.1) is 11.7 Å². The molecule has 3 heteroatoms. The van der Waals surface area contributed by atoms with Gasteiger partial charge >= 0.3 is 0 Å². The first-order valence-corrected chi connectivity index (χ1v) is 6.75. The molecule has 1 aromatic rings. The van der Waals surface area contributed by atoms with Crippen LogP contribution in [0.5, 0.6) is 0 Å². The fourth-order valence-corrected chi connectivity index (χ4v) is 2.80. The van der Waals surface area contributed by atoms with E-state index >= 15 is 0 Å². The predicted octanol–water partition coefficient (Wildman–Crippen LogP) is 3.50. The van der Waals surface area contributed by atoms with Crippen LogP contribution in [0.2, 0.25) is 0 Å². The van der Waals surface area contributed by atoms with Crippen LogP contribution in [-0.4, -0.2) is 17.7 Å². The van der Waals surface area contributed by atoms with Crippen molar-refractivity contribution >= 4 is 5.69 Å². The van der Waals surface area contributed by atoms with Gasteiger partial charge in [-0.1, -0.05) is 19.9 Å². The molecule has 2 atom stereocenters. The highest BCUT2D eigenvalue weighted by Crippen LogP contribution is 2.32. The Labute approximate surface area is 108 Å². The Balaban J connectivity index is 2.28. The van der Waals surface area contributed by atoms with Gasteiger partial charge in [0.2, 0.25) is 0 Å². The summed E-state index contributed by atoms with van der Waals surface area (Å²) in [6, 6.07) is 5.50. The SMILES string of the molecule is CC(C)C1CCCN1c1ccc([C@@H](C)O)cc1F. The molecular formula is C15H22FNO. The number of nitrogens with zero attached hydrogens (tertiary/aromatic N) is 1. The Morgan fingerprint density at radius 1 is 1.33 bits per heavy atom. The van der Waals surface area contributed by atoms with Gasteiger partial charge in [-0.05, 0) is 43.4 Å². The summed E-state index contributed by atoms with van der Waals surface area (Å²) in [6.45, 7) is 6.95. The minimum Gasteiger partial charge on any atom is -0.389 e. The van der Waals surface area contributed by atoms with Crippen LogP contribution in [-0.2, 0) is 0 Å². The molecule has 2 rings (SSSR count). The summed E-state index contributed by atoms with van der Waals surface area (Å²) >= 11 is 0. The molecule has 0 spiro atoms. The highest BCUT2D eigenvalue weighted by Gasteiger charge is 2.28. The summed E-state index contributed by atoms with van der Waals surface area (Å²) in [5, 5.41) is 9.46. The van der Waals surface area contributed by atoms with Crippen LogP contribution in [0.1, 0.15) is 45.3 Å². The molecule has 1 unspecified atom stereocenters. The molecule has 1 N–H and O–H groups in total. The lowest BCUT2D eigenvalue weighted by molar-refractivity contribution is 0.199. The number of hydrogen-bond acceptors (Lipinski definition) is 2. The van der Waals surface area contributed by atoms with Crippen LogP contribution < -0.4 is 4.90 Å². The van der Waals surface area contributed by atoms with Crippen LogP contribution in [0.25, 0.3) is 0 Å². The van der Waals surface area contributed by atoms with Crippen LogP contribution in [0.3, 0.4) is 0 Å². The third kappa shape index (κ3) is 2.51.